The fourth-order valence-corrected chi connectivity index (χ4v) is 0.587. The molecule has 10 heavy (non-hydrogen) atoms. The van der Waals surface area contributed by atoms with Crippen molar-refractivity contribution >= 4 is 0 Å². The molecule has 1 aromatic rings. The second-order valence-electron chi connectivity index (χ2n) is 1.90. The first-order valence-electron chi connectivity index (χ1n) is 2.66. The molecular formula is C5H7N3O2. The maximum absolute atomic E-state index is 10.8. The molecule has 0 fully saturated rings. The lowest BCUT2D eigenvalue weighted by Gasteiger charge is -1.97. The molecule has 0 amide bonds. The first kappa shape index (κ1) is 6.60. The van der Waals surface area contributed by atoms with Gasteiger partial charge in [0.25, 0.3) is 5.56 Å². The van der Waals surface area contributed by atoms with E-state index >= 15 is 0 Å². The van der Waals surface area contributed by atoms with Crippen molar-refractivity contribution in [3.8, 4) is 0 Å². The largest absolute Gasteiger partial charge is 0.349 e. The van der Waals surface area contributed by atoms with Crippen molar-refractivity contribution in [3.05, 3.63) is 33.1 Å². The molecule has 5 nitrogen and oxygen atoms in total. The van der Waals surface area contributed by atoms with E-state index in [0.717, 1.165) is 9.24 Å². The highest BCUT2D eigenvalue weighted by atomic mass is 16.2. The normalized spacial score (nSPS) is 9.70. The summed E-state index contributed by atoms with van der Waals surface area (Å²) >= 11 is 0. The highest BCUT2D eigenvalue weighted by Crippen LogP contribution is 1.62. The van der Waals surface area contributed by atoms with Gasteiger partial charge in [-0.25, -0.2) is 9.47 Å². The fraction of sp³-hybridized carbons (Fsp3) is 0.200. The van der Waals surface area contributed by atoms with E-state index in [1.54, 1.807) is 0 Å². The van der Waals surface area contributed by atoms with E-state index in [1.165, 1.54) is 19.3 Å². The number of nitrogen functional groups attached to an aromatic ring is 1. The predicted molar refractivity (Wildman–Crippen MR) is 36.1 cm³/mol. The smallest absolute Gasteiger partial charge is 0.335 e. The van der Waals surface area contributed by atoms with Crippen LogP contribution >= 0.6 is 0 Å². The highest BCUT2D eigenvalue weighted by Gasteiger charge is 1.94. The van der Waals surface area contributed by atoms with E-state index in [0.29, 0.717) is 0 Å². The second kappa shape index (κ2) is 2.02. The van der Waals surface area contributed by atoms with Crippen LogP contribution in [0.15, 0.2) is 21.9 Å². The average Bonchev–Trinajstić information content (AvgIpc) is 1.93. The molecular weight excluding hydrogens is 134 g/mol. The fourth-order valence-electron chi connectivity index (χ4n) is 0.587. The van der Waals surface area contributed by atoms with Gasteiger partial charge in [-0.05, 0) is 0 Å². The lowest BCUT2D eigenvalue weighted by atomic mass is 10.6. The molecule has 0 unspecified atom stereocenters. The Labute approximate surface area is 56.3 Å². The van der Waals surface area contributed by atoms with Crippen LogP contribution in [0.5, 0.6) is 0 Å². The van der Waals surface area contributed by atoms with E-state index in [1.807, 2.05) is 0 Å². The Bertz CT molecular complexity index is 349. The molecule has 0 aromatic carbocycles. The monoisotopic (exact) mass is 141 g/mol. The van der Waals surface area contributed by atoms with Crippen molar-refractivity contribution in [2.75, 3.05) is 5.84 Å². The summed E-state index contributed by atoms with van der Waals surface area (Å²) in [6.45, 7) is 0. The first-order chi connectivity index (χ1) is 4.63. The minimum Gasteiger partial charge on any atom is -0.335 e. The quantitative estimate of drug-likeness (QED) is 0.436. The van der Waals surface area contributed by atoms with Crippen LogP contribution in [-0.4, -0.2) is 9.24 Å². The molecule has 0 bridgehead atoms. The summed E-state index contributed by atoms with van der Waals surface area (Å²) < 4.78 is 1.78. The third-order valence-corrected chi connectivity index (χ3v) is 1.22. The number of nitrogens with zero attached hydrogens (tertiary/aromatic N) is 2. The van der Waals surface area contributed by atoms with Crippen LogP contribution in [0.4, 0.5) is 0 Å². The lowest BCUT2D eigenvalue weighted by Crippen LogP contribution is -2.40. The van der Waals surface area contributed by atoms with Crippen molar-refractivity contribution in [2.24, 2.45) is 7.05 Å². The van der Waals surface area contributed by atoms with Gasteiger partial charge in [0, 0.05) is 19.3 Å². The summed E-state index contributed by atoms with van der Waals surface area (Å²) in [5.41, 5.74) is -0.876. The molecule has 0 atom stereocenters. The van der Waals surface area contributed by atoms with E-state index < -0.39 is 5.69 Å². The van der Waals surface area contributed by atoms with Gasteiger partial charge in [0.1, 0.15) is 0 Å². The minimum atomic E-state index is -0.521. The molecule has 0 aliphatic carbocycles. The zero-order valence-corrected chi connectivity index (χ0v) is 5.44. The molecule has 0 saturated heterocycles. The maximum Gasteiger partial charge on any atom is 0.349 e. The van der Waals surface area contributed by atoms with Crippen molar-refractivity contribution in [3.63, 3.8) is 0 Å². The van der Waals surface area contributed by atoms with Gasteiger partial charge in [-0.2, -0.15) is 0 Å². The molecule has 0 saturated carbocycles. The molecule has 54 valence electrons. The Hall–Kier alpha value is -1.52. The zero-order chi connectivity index (χ0) is 7.72. The molecule has 2 N–H and O–H groups in total. The molecule has 0 radical (unpaired) electrons. The summed E-state index contributed by atoms with van der Waals surface area (Å²) in [5.74, 6) is 5.13. The van der Waals surface area contributed by atoms with Crippen LogP contribution in [0.3, 0.4) is 0 Å². The summed E-state index contributed by atoms with van der Waals surface area (Å²) in [6.07, 6.45) is 1.23. The summed E-state index contributed by atoms with van der Waals surface area (Å²) in [4.78, 5) is 21.5. The first-order valence-corrected chi connectivity index (χ1v) is 2.66. The Balaban J connectivity index is 3.66. The Kier molecular flexibility index (Phi) is 1.33. The lowest BCUT2D eigenvalue weighted by molar-refractivity contribution is 0.711. The zero-order valence-electron chi connectivity index (χ0n) is 5.44. The summed E-state index contributed by atoms with van der Waals surface area (Å²) in [6, 6.07) is 1.22. The third kappa shape index (κ3) is 0.812. The van der Waals surface area contributed by atoms with Gasteiger partial charge in [0.15, 0.2) is 0 Å². The van der Waals surface area contributed by atoms with Crippen LogP contribution < -0.4 is 17.1 Å². The second-order valence-corrected chi connectivity index (χ2v) is 1.90. The highest BCUT2D eigenvalue weighted by molar-refractivity contribution is 4.84. The molecule has 0 spiro atoms. The van der Waals surface area contributed by atoms with Crippen LogP contribution in [0.2, 0.25) is 0 Å². The van der Waals surface area contributed by atoms with Crippen molar-refractivity contribution in [1.29, 1.82) is 0 Å². The summed E-state index contributed by atoms with van der Waals surface area (Å²) in [5, 5.41) is 0. The van der Waals surface area contributed by atoms with Gasteiger partial charge < -0.3 is 5.84 Å². The van der Waals surface area contributed by atoms with Crippen LogP contribution in [0, 0.1) is 0 Å². The van der Waals surface area contributed by atoms with Crippen molar-refractivity contribution in [2.45, 2.75) is 0 Å². The topological polar surface area (TPSA) is 70.0 Å². The van der Waals surface area contributed by atoms with Gasteiger partial charge in [-0.15, -0.1) is 0 Å². The Morgan fingerprint density at radius 1 is 1.50 bits per heavy atom. The number of hydrogen-bond donors (Lipinski definition) is 1. The standard InChI is InChI=1S/C5H7N3O2/c1-7-4(9)2-3-8(6)5(7)10/h2-3H,6H2,1H3. The number of hydrogen-bond acceptors (Lipinski definition) is 3. The van der Waals surface area contributed by atoms with E-state index in [4.69, 9.17) is 5.84 Å². The van der Waals surface area contributed by atoms with Crippen LogP contribution in [0.1, 0.15) is 0 Å². The molecule has 5 heteroatoms. The molecule has 1 rings (SSSR count). The minimum absolute atomic E-state index is 0.355. The van der Waals surface area contributed by atoms with Gasteiger partial charge in [0.05, 0.1) is 0 Å². The predicted octanol–water partition coefficient (Wildman–Crippen LogP) is -1.74. The van der Waals surface area contributed by atoms with E-state index in [2.05, 4.69) is 0 Å². The average molecular weight is 141 g/mol. The van der Waals surface area contributed by atoms with Crippen LogP contribution in [-0.2, 0) is 7.05 Å². The van der Waals surface area contributed by atoms with Gasteiger partial charge in [0.2, 0.25) is 0 Å². The molecule has 0 aliphatic heterocycles. The van der Waals surface area contributed by atoms with E-state index in [9.17, 15) is 9.59 Å². The van der Waals surface area contributed by atoms with Gasteiger partial charge in [-0.1, -0.05) is 0 Å². The van der Waals surface area contributed by atoms with Crippen LogP contribution in [0.25, 0.3) is 0 Å². The number of aromatic nitrogens is 2. The Morgan fingerprint density at radius 3 is 2.60 bits per heavy atom. The molecule has 1 aromatic heterocycles. The SMILES string of the molecule is Cn1c(=O)ccn(N)c1=O. The molecule has 1 heterocycles. The summed E-state index contributed by atoms with van der Waals surface area (Å²) in [7, 11) is 1.37. The molecule has 0 aliphatic rings. The van der Waals surface area contributed by atoms with Crippen molar-refractivity contribution in [1.82, 2.24) is 9.24 Å². The maximum atomic E-state index is 10.8. The van der Waals surface area contributed by atoms with E-state index in [-0.39, 0.29) is 5.56 Å². The number of rotatable bonds is 0. The van der Waals surface area contributed by atoms with Gasteiger partial charge >= 0.3 is 5.69 Å². The third-order valence-electron chi connectivity index (χ3n) is 1.22. The Morgan fingerprint density at radius 2 is 2.10 bits per heavy atom. The van der Waals surface area contributed by atoms with Crippen molar-refractivity contribution < 1.29 is 0 Å². The van der Waals surface area contributed by atoms with Gasteiger partial charge in [-0.3, -0.25) is 9.36 Å². The number of nitrogens with two attached hydrogens (primary N) is 1.